The van der Waals surface area contributed by atoms with E-state index in [1.54, 1.807) is 6.42 Å². The summed E-state index contributed by atoms with van der Waals surface area (Å²) in [5, 5.41) is 0. The van der Waals surface area contributed by atoms with Crippen molar-refractivity contribution in [3.05, 3.63) is 0 Å². The maximum Gasteiger partial charge on any atom is -0.0295 e. The average Bonchev–Trinajstić information content (AvgIpc) is 2.05. The van der Waals surface area contributed by atoms with Gasteiger partial charge in [0, 0.05) is 0 Å². The highest BCUT2D eigenvalue weighted by molar-refractivity contribution is 5.02. The topological polar surface area (TPSA) is 0 Å². The molecule has 0 amide bonds. The van der Waals surface area contributed by atoms with Crippen LogP contribution in [0.5, 0.6) is 0 Å². The Labute approximate surface area is 76.7 Å². The maximum absolute atomic E-state index is 2.49. The van der Waals surface area contributed by atoms with E-state index in [0.717, 1.165) is 17.8 Å². The molecular weight excluding hydrogens is 144 g/mol. The highest BCUT2D eigenvalue weighted by Gasteiger charge is 2.53. The van der Waals surface area contributed by atoms with Crippen molar-refractivity contribution in [2.24, 2.45) is 23.2 Å². The molecule has 3 aliphatic rings. The Balaban J connectivity index is 2.01. The van der Waals surface area contributed by atoms with Crippen LogP contribution in [0.1, 0.15) is 52.9 Å². The SMILES string of the molecule is CCCC1CC[C@H]2C[C@@H]1C2(C)C. The Morgan fingerprint density at radius 2 is 2.00 bits per heavy atom. The van der Waals surface area contributed by atoms with Crippen molar-refractivity contribution >= 4 is 0 Å². The quantitative estimate of drug-likeness (QED) is 0.584. The molecule has 0 aliphatic heterocycles. The maximum atomic E-state index is 2.49. The van der Waals surface area contributed by atoms with E-state index >= 15 is 0 Å². The zero-order chi connectivity index (χ0) is 8.77. The van der Waals surface area contributed by atoms with Gasteiger partial charge in [-0.2, -0.15) is 0 Å². The molecule has 0 heterocycles. The van der Waals surface area contributed by atoms with Gasteiger partial charge in [0.15, 0.2) is 0 Å². The highest BCUT2D eigenvalue weighted by Crippen LogP contribution is 2.62. The van der Waals surface area contributed by atoms with Gasteiger partial charge in [0.25, 0.3) is 0 Å². The Hall–Kier alpha value is 0. The third kappa shape index (κ3) is 1.03. The zero-order valence-electron chi connectivity index (χ0n) is 8.77. The lowest BCUT2D eigenvalue weighted by Crippen LogP contribution is -2.52. The van der Waals surface area contributed by atoms with Crippen molar-refractivity contribution < 1.29 is 0 Å². The van der Waals surface area contributed by atoms with Gasteiger partial charge in [-0.3, -0.25) is 0 Å². The second kappa shape index (κ2) is 2.75. The highest BCUT2D eigenvalue weighted by atomic mass is 14.6. The molecule has 3 saturated carbocycles. The van der Waals surface area contributed by atoms with Crippen LogP contribution in [0.15, 0.2) is 0 Å². The monoisotopic (exact) mass is 166 g/mol. The molecule has 70 valence electrons. The lowest BCUT2D eigenvalue weighted by Gasteiger charge is -2.60. The van der Waals surface area contributed by atoms with Gasteiger partial charge in [-0.05, 0) is 42.4 Å². The van der Waals surface area contributed by atoms with Crippen LogP contribution in [0.3, 0.4) is 0 Å². The summed E-state index contributed by atoms with van der Waals surface area (Å²) in [6, 6.07) is 0. The number of rotatable bonds is 2. The van der Waals surface area contributed by atoms with E-state index in [-0.39, 0.29) is 0 Å². The molecule has 0 heteroatoms. The molecule has 2 bridgehead atoms. The summed E-state index contributed by atoms with van der Waals surface area (Å²) in [5.41, 5.74) is 0.706. The third-order valence-corrected chi connectivity index (χ3v) is 4.66. The zero-order valence-corrected chi connectivity index (χ0v) is 8.77. The van der Waals surface area contributed by atoms with Gasteiger partial charge in [0.2, 0.25) is 0 Å². The van der Waals surface area contributed by atoms with E-state index in [1.165, 1.54) is 25.7 Å². The Bertz CT molecular complexity index is 165. The molecule has 0 saturated heterocycles. The number of hydrogen-bond donors (Lipinski definition) is 0. The van der Waals surface area contributed by atoms with E-state index in [1.807, 2.05) is 0 Å². The lowest BCUT2D eigenvalue weighted by molar-refractivity contribution is -0.106. The van der Waals surface area contributed by atoms with Crippen molar-refractivity contribution in [1.29, 1.82) is 0 Å². The first-order valence-corrected chi connectivity index (χ1v) is 5.66. The van der Waals surface area contributed by atoms with Crippen molar-refractivity contribution in [3.63, 3.8) is 0 Å². The average molecular weight is 166 g/mol. The molecule has 3 atom stereocenters. The van der Waals surface area contributed by atoms with Crippen molar-refractivity contribution in [2.75, 3.05) is 0 Å². The molecule has 3 fully saturated rings. The predicted molar refractivity (Wildman–Crippen MR) is 53.0 cm³/mol. The van der Waals surface area contributed by atoms with Crippen LogP contribution < -0.4 is 0 Å². The normalized spacial score (nSPS) is 43.8. The van der Waals surface area contributed by atoms with Crippen LogP contribution in [0.2, 0.25) is 0 Å². The molecule has 3 aliphatic carbocycles. The second-order valence-corrected chi connectivity index (χ2v) is 5.49. The molecule has 0 aromatic rings. The first kappa shape index (κ1) is 8.59. The molecule has 0 radical (unpaired) electrons. The fourth-order valence-corrected chi connectivity index (χ4v) is 3.68. The summed E-state index contributed by atoms with van der Waals surface area (Å²) in [6.45, 7) is 7.32. The smallest absolute Gasteiger partial charge is 0.0295 e. The van der Waals surface area contributed by atoms with Crippen LogP contribution in [0.4, 0.5) is 0 Å². The first-order valence-electron chi connectivity index (χ1n) is 5.66. The first-order chi connectivity index (χ1) is 5.66. The summed E-state index contributed by atoms with van der Waals surface area (Å²) in [6.07, 6.45) is 7.49. The molecular formula is C12H22. The largest absolute Gasteiger partial charge is 0.0654 e. The van der Waals surface area contributed by atoms with Gasteiger partial charge in [-0.25, -0.2) is 0 Å². The molecule has 12 heavy (non-hydrogen) atoms. The summed E-state index contributed by atoms with van der Waals surface area (Å²) in [5.74, 6) is 3.24. The summed E-state index contributed by atoms with van der Waals surface area (Å²) >= 11 is 0. The van der Waals surface area contributed by atoms with E-state index in [2.05, 4.69) is 20.8 Å². The van der Waals surface area contributed by atoms with E-state index in [9.17, 15) is 0 Å². The van der Waals surface area contributed by atoms with Gasteiger partial charge in [0.1, 0.15) is 0 Å². The lowest BCUT2D eigenvalue weighted by atomic mass is 9.45. The summed E-state index contributed by atoms with van der Waals surface area (Å²) < 4.78 is 0. The minimum atomic E-state index is 0.706. The van der Waals surface area contributed by atoms with E-state index in [4.69, 9.17) is 0 Å². The third-order valence-electron chi connectivity index (χ3n) is 4.66. The summed E-state index contributed by atoms with van der Waals surface area (Å²) in [4.78, 5) is 0. The van der Waals surface area contributed by atoms with Crippen LogP contribution in [-0.2, 0) is 0 Å². The van der Waals surface area contributed by atoms with Gasteiger partial charge >= 0.3 is 0 Å². The standard InChI is InChI=1S/C12H22/c1-4-5-9-6-7-10-8-11(9)12(10,2)3/h9-11H,4-8H2,1-3H3/t9?,10-,11-/m0/s1. The second-order valence-electron chi connectivity index (χ2n) is 5.49. The van der Waals surface area contributed by atoms with Crippen LogP contribution in [0, 0.1) is 23.2 Å². The van der Waals surface area contributed by atoms with Gasteiger partial charge in [-0.1, -0.05) is 33.6 Å². The predicted octanol–water partition coefficient (Wildman–Crippen LogP) is 3.86. The van der Waals surface area contributed by atoms with Gasteiger partial charge in [-0.15, -0.1) is 0 Å². The minimum absolute atomic E-state index is 0.706. The molecule has 0 N–H and O–H groups in total. The van der Waals surface area contributed by atoms with Crippen molar-refractivity contribution in [2.45, 2.75) is 52.9 Å². The number of fused-ring (bicyclic) bond motifs is 2. The van der Waals surface area contributed by atoms with Crippen LogP contribution >= 0.6 is 0 Å². The van der Waals surface area contributed by atoms with Crippen LogP contribution in [-0.4, -0.2) is 0 Å². The fraction of sp³-hybridized carbons (Fsp3) is 1.00. The van der Waals surface area contributed by atoms with Gasteiger partial charge in [0.05, 0.1) is 0 Å². The Kier molecular flexibility index (Phi) is 1.97. The molecule has 0 nitrogen and oxygen atoms in total. The molecule has 0 aromatic heterocycles. The molecule has 0 aromatic carbocycles. The van der Waals surface area contributed by atoms with Crippen LogP contribution in [0.25, 0.3) is 0 Å². The molecule has 1 unspecified atom stereocenters. The Morgan fingerprint density at radius 1 is 1.25 bits per heavy atom. The molecule has 0 spiro atoms. The van der Waals surface area contributed by atoms with Crippen molar-refractivity contribution in [3.8, 4) is 0 Å². The van der Waals surface area contributed by atoms with E-state index in [0.29, 0.717) is 5.41 Å². The van der Waals surface area contributed by atoms with E-state index < -0.39 is 0 Å². The van der Waals surface area contributed by atoms with Crippen molar-refractivity contribution in [1.82, 2.24) is 0 Å². The number of hydrogen-bond acceptors (Lipinski definition) is 0. The minimum Gasteiger partial charge on any atom is -0.0654 e. The Morgan fingerprint density at radius 3 is 2.50 bits per heavy atom. The fourth-order valence-electron chi connectivity index (χ4n) is 3.68. The summed E-state index contributed by atoms with van der Waals surface area (Å²) in [7, 11) is 0. The molecule has 3 rings (SSSR count). The van der Waals surface area contributed by atoms with Gasteiger partial charge < -0.3 is 0 Å².